The lowest BCUT2D eigenvalue weighted by molar-refractivity contribution is 0.436. The van der Waals surface area contributed by atoms with E-state index in [0.717, 1.165) is 5.56 Å². The molecule has 1 aromatic rings. The Morgan fingerprint density at radius 3 is 2.50 bits per heavy atom. The Kier molecular flexibility index (Phi) is 6.00. The summed E-state index contributed by atoms with van der Waals surface area (Å²) in [6.07, 6.45) is 8.51. The predicted octanol–water partition coefficient (Wildman–Crippen LogP) is 2.83. The van der Waals surface area contributed by atoms with Gasteiger partial charge in [-0.3, -0.25) is 0 Å². The molecule has 1 rings (SSSR count). The monoisotopic (exact) mass is 291 g/mol. The standard InChI is InChI=1S/C16H21NO2S/c1-5-7-15(6-2)12-13-17(4)20(18,19)16-10-8-14(3)9-11-16/h2,5,8-11,15H,1,7,12-13H2,3-4H3. The van der Waals surface area contributed by atoms with Crippen molar-refractivity contribution in [2.45, 2.75) is 24.7 Å². The molecule has 0 saturated heterocycles. The molecule has 0 saturated carbocycles. The first-order valence-corrected chi connectivity index (χ1v) is 7.96. The van der Waals surface area contributed by atoms with Crippen LogP contribution in [-0.2, 0) is 10.0 Å². The second kappa shape index (κ2) is 7.28. The third kappa shape index (κ3) is 4.22. The SMILES string of the molecule is C#CC(CC=C)CCN(C)S(=O)(=O)c1ccc(C)cc1. The van der Waals surface area contributed by atoms with Crippen LogP contribution in [0.4, 0.5) is 0 Å². The zero-order valence-corrected chi connectivity index (χ0v) is 12.9. The van der Waals surface area contributed by atoms with Gasteiger partial charge in [-0.2, -0.15) is 0 Å². The van der Waals surface area contributed by atoms with E-state index in [2.05, 4.69) is 12.5 Å². The number of hydrogen-bond donors (Lipinski definition) is 0. The molecule has 0 aliphatic heterocycles. The predicted molar refractivity (Wildman–Crippen MR) is 82.7 cm³/mol. The Morgan fingerprint density at radius 2 is 2.00 bits per heavy atom. The fourth-order valence-corrected chi connectivity index (χ4v) is 3.00. The maximum atomic E-state index is 12.4. The Balaban J connectivity index is 2.75. The van der Waals surface area contributed by atoms with E-state index in [1.165, 1.54) is 4.31 Å². The second-order valence-corrected chi connectivity index (χ2v) is 6.86. The Bertz CT molecular complexity index is 582. The maximum Gasteiger partial charge on any atom is 0.242 e. The van der Waals surface area contributed by atoms with Crippen molar-refractivity contribution in [3.8, 4) is 12.3 Å². The minimum absolute atomic E-state index is 0.0307. The summed E-state index contributed by atoms with van der Waals surface area (Å²) in [5.74, 6) is 2.69. The van der Waals surface area contributed by atoms with Crippen molar-refractivity contribution in [1.29, 1.82) is 0 Å². The molecular formula is C16H21NO2S. The Hall–Kier alpha value is -1.57. The van der Waals surface area contributed by atoms with Crippen LogP contribution < -0.4 is 0 Å². The maximum absolute atomic E-state index is 12.4. The highest BCUT2D eigenvalue weighted by atomic mass is 32.2. The molecule has 4 heteroatoms. The van der Waals surface area contributed by atoms with Gasteiger partial charge in [0.25, 0.3) is 0 Å². The first-order chi connectivity index (χ1) is 9.41. The number of aryl methyl sites for hydroxylation is 1. The molecule has 20 heavy (non-hydrogen) atoms. The molecule has 0 radical (unpaired) electrons. The van der Waals surface area contributed by atoms with Crippen molar-refractivity contribution in [2.24, 2.45) is 5.92 Å². The third-order valence-corrected chi connectivity index (χ3v) is 5.08. The van der Waals surface area contributed by atoms with Gasteiger partial charge >= 0.3 is 0 Å². The summed E-state index contributed by atoms with van der Waals surface area (Å²) in [6.45, 7) is 5.98. The van der Waals surface area contributed by atoms with Gasteiger partial charge in [0, 0.05) is 19.5 Å². The summed E-state index contributed by atoms with van der Waals surface area (Å²) in [6, 6.07) is 6.85. The normalized spacial score (nSPS) is 12.9. The van der Waals surface area contributed by atoms with E-state index in [9.17, 15) is 8.42 Å². The van der Waals surface area contributed by atoms with Crippen LogP contribution >= 0.6 is 0 Å². The first kappa shape index (κ1) is 16.5. The molecule has 3 nitrogen and oxygen atoms in total. The molecule has 0 heterocycles. The summed E-state index contributed by atoms with van der Waals surface area (Å²) in [7, 11) is -1.86. The van der Waals surface area contributed by atoms with E-state index in [-0.39, 0.29) is 5.92 Å². The van der Waals surface area contributed by atoms with Crippen LogP contribution in [0.1, 0.15) is 18.4 Å². The average molecular weight is 291 g/mol. The molecule has 1 unspecified atom stereocenters. The topological polar surface area (TPSA) is 37.4 Å². The Morgan fingerprint density at radius 1 is 1.40 bits per heavy atom. The lowest BCUT2D eigenvalue weighted by Gasteiger charge is -2.18. The van der Waals surface area contributed by atoms with Crippen LogP contribution in [0.25, 0.3) is 0 Å². The van der Waals surface area contributed by atoms with E-state index in [0.29, 0.717) is 24.3 Å². The molecule has 108 valence electrons. The summed E-state index contributed by atoms with van der Waals surface area (Å²) in [5.41, 5.74) is 1.03. The summed E-state index contributed by atoms with van der Waals surface area (Å²) in [4.78, 5) is 0.312. The van der Waals surface area contributed by atoms with Gasteiger partial charge < -0.3 is 0 Å². The van der Waals surface area contributed by atoms with E-state index in [4.69, 9.17) is 6.42 Å². The van der Waals surface area contributed by atoms with Gasteiger partial charge in [-0.15, -0.1) is 18.9 Å². The van der Waals surface area contributed by atoms with E-state index in [1.54, 1.807) is 37.4 Å². The summed E-state index contributed by atoms with van der Waals surface area (Å²) < 4.78 is 26.1. The molecule has 0 bridgehead atoms. The van der Waals surface area contributed by atoms with Crippen LogP contribution in [-0.4, -0.2) is 26.3 Å². The summed E-state index contributed by atoms with van der Waals surface area (Å²) in [5, 5.41) is 0. The molecule has 0 aliphatic carbocycles. The van der Waals surface area contributed by atoms with Crippen LogP contribution in [0, 0.1) is 25.2 Å². The van der Waals surface area contributed by atoms with E-state index < -0.39 is 10.0 Å². The smallest absolute Gasteiger partial charge is 0.207 e. The fraction of sp³-hybridized carbons (Fsp3) is 0.375. The average Bonchev–Trinajstić information content (AvgIpc) is 2.43. The fourth-order valence-electron chi connectivity index (χ4n) is 1.82. The lowest BCUT2D eigenvalue weighted by Crippen LogP contribution is -2.29. The zero-order chi connectivity index (χ0) is 15.2. The number of benzene rings is 1. The van der Waals surface area contributed by atoms with Crippen LogP contribution in [0.15, 0.2) is 41.8 Å². The van der Waals surface area contributed by atoms with Gasteiger partial charge in [-0.05, 0) is 31.9 Å². The number of nitrogens with zero attached hydrogens (tertiary/aromatic N) is 1. The zero-order valence-electron chi connectivity index (χ0n) is 12.0. The van der Waals surface area contributed by atoms with E-state index in [1.807, 2.05) is 6.92 Å². The van der Waals surface area contributed by atoms with Gasteiger partial charge in [0.05, 0.1) is 4.90 Å². The van der Waals surface area contributed by atoms with Gasteiger partial charge in [0.1, 0.15) is 0 Å². The second-order valence-electron chi connectivity index (χ2n) is 4.82. The van der Waals surface area contributed by atoms with Crippen molar-refractivity contribution < 1.29 is 8.42 Å². The van der Waals surface area contributed by atoms with Crippen molar-refractivity contribution in [3.05, 3.63) is 42.5 Å². The number of rotatable bonds is 7. The van der Waals surface area contributed by atoms with Crippen molar-refractivity contribution >= 4 is 10.0 Å². The van der Waals surface area contributed by atoms with Crippen molar-refractivity contribution in [3.63, 3.8) is 0 Å². The quantitative estimate of drug-likeness (QED) is 0.572. The molecule has 1 atom stereocenters. The van der Waals surface area contributed by atoms with Crippen LogP contribution in [0.5, 0.6) is 0 Å². The van der Waals surface area contributed by atoms with Crippen molar-refractivity contribution in [1.82, 2.24) is 4.31 Å². The van der Waals surface area contributed by atoms with Gasteiger partial charge in [-0.25, -0.2) is 12.7 Å². The molecule has 1 aromatic carbocycles. The minimum Gasteiger partial charge on any atom is -0.207 e. The number of terminal acetylenes is 1. The number of sulfonamides is 1. The number of allylic oxidation sites excluding steroid dienone is 1. The largest absolute Gasteiger partial charge is 0.242 e. The molecule has 0 N–H and O–H groups in total. The van der Waals surface area contributed by atoms with E-state index >= 15 is 0 Å². The van der Waals surface area contributed by atoms with Crippen molar-refractivity contribution in [2.75, 3.05) is 13.6 Å². The Labute approximate surface area is 122 Å². The third-order valence-electron chi connectivity index (χ3n) is 3.21. The molecule has 0 fully saturated rings. The van der Waals surface area contributed by atoms with Gasteiger partial charge in [0.15, 0.2) is 0 Å². The highest BCUT2D eigenvalue weighted by Crippen LogP contribution is 2.17. The van der Waals surface area contributed by atoms with Crippen LogP contribution in [0.3, 0.4) is 0 Å². The first-order valence-electron chi connectivity index (χ1n) is 6.52. The van der Waals surface area contributed by atoms with Gasteiger partial charge in [-0.1, -0.05) is 23.8 Å². The van der Waals surface area contributed by atoms with Gasteiger partial charge in [0.2, 0.25) is 10.0 Å². The highest BCUT2D eigenvalue weighted by Gasteiger charge is 2.20. The lowest BCUT2D eigenvalue weighted by atomic mass is 10.0. The highest BCUT2D eigenvalue weighted by molar-refractivity contribution is 7.89. The minimum atomic E-state index is -3.44. The molecule has 0 spiro atoms. The summed E-state index contributed by atoms with van der Waals surface area (Å²) >= 11 is 0. The van der Waals surface area contributed by atoms with Crippen LogP contribution in [0.2, 0.25) is 0 Å². The number of hydrogen-bond acceptors (Lipinski definition) is 2. The molecule has 0 amide bonds. The molecule has 0 aliphatic rings. The molecule has 0 aromatic heterocycles. The molecular weight excluding hydrogens is 270 g/mol.